The Labute approximate surface area is 358 Å². The lowest BCUT2D eigenvalue weighted by Crippen LogP contribution is -2.30. The van der Waals surface area contributed by atoms with Crippen LogP contribution < -0.4 is 14.8 Å². The first kappa shape index (κ1) is 49.0. The fourth-order valence-corrected chi connectivity index (χ4v) is 7.57. The van der Waals surface area contributed by atoms with Crippen LogP contribution in [0.25, 0.3) is 0 Å². The Morgan fingerprint density at radius 1 is 0.820 bits per heavy atom. The summed E-state index contributed by atoms with van der Waals surface area (Å²) in [6.07, 6.45) is 14.6. The van der Waals surface area contributed by atoms with E-state index in [1.807, 2.05) is 0 Å². The van der Waals surface area contributed by atoms with Crippen LogP contribution in [0.2, 0.25) is 0 Å². The number of nitrogens with zero attached hydrogens (tertiary/aromatic N) is 3. The Morgan fingerprint density at radius 3 is 1.69 bits per heavy atom. The number of nitro groups is 2. The lowest BCUT2D eigenvalue weighted by molar-refractivity contribution is -0.394. The lowest BCUT2D eigenvalue weighted by atomic mass is 9.81. The number of amides is 1. The number of hydrogen-bond donors (Lipinski definition) is 2. The number of aliphatic hydroxyl groups is 1. The molecule has 6 rings (SSSR count). The smallest absolute Gasteiger partial charge is 0.295 e. The highest BCUT2D eigenvalue weighted by Crippen LogP contribution is 2.35. The second kappa shape index (κ2) is 26.7. The molecule has 61 heavy (non-hydrogen) atoms. The van der Waals surface area contributed by atoms with Gasteiger partial charge in [-0.15, -0.1) is 0 Å². The number of methoxy groups -OCH3 is 2. The van der Waals surface area contributed by atoms with Gasteiger partial charge in [-0.3, -0.25) is 29.8 Å². The van der Waals surface area contributed by atoms with E-state index in [2.05, 4.69) is 55.6 Å². The van der Waals surface area contributed by atoms with Crippen LogP contribution >= 0.6 is 0 Å². The van der Waals surface area contributed by atoms with Crippen LogP contribution in [0.3, 0.4) is 0 Å². The van der Waals surface area contributed by atoms with Crippen LogP contribution in [0.15, 0.2) is 84.9 Å². The number of aliphatic hydroxyl groups excluding tert-OH is 1. The average molecular weight is 839 g/mol. The van der Waals surface area contributed by atoms with E-state index < -0.39 is 33.4 Å². The molecule has 4 aromatic rings. The number of fused-ring (bicyclic) bond motifs is 2. The number of ether oxygens (including phenoxy) is 3. The molecule has 2 aliphatic carbocycles. The Hall–Kier alpha value is -6.33. The first-order valence-corrected chi connectivity index (χ1v) is 20.7. The van der Waals surface area contributed by atoms with Crippen molar-refractivity contribution in [1.29, 1.82) is 5.26 Å². The predicted octanol–water partition coefficient (Wildman–Crippen LogP) is 9.59. The van der Waals surface area contributed by atoms with Crippen molar-refractivity contribution in [3.05, 3.63) is 139 Å². The number of non-ortho nitro benzene ring substituents is 2. The highest BCUT2D eigenvalue weighted by atomic mass is 16.6. The van der Waals surface area contributed by atoms with E-state index in [1.54, 1.807) is 44.6 Å². The van der Waals surface area contributed by atoms with Gasteiger partial charge < -0.3 is 24.6 Å². The Balaban J connectivity index is 0.000000241. The van der Waals surface area contributed by atoms with Crippen LogP contribution in [-0.2, 0) is 35.2 Å². The SMILES string of the molecule is CCCCC1CCc2c(cccc2OC)C1.CCCC[C@H]1CCc2c(cccc2OC)C1.N#CCO.O=CO[C@@H](NC(=O)c1cc([N+](=O)[O-])cc([N+](=O)[O-])c1)c1ccccc1. The molecule has 0 radical (unpaired) electrons. The van der Waals surface area contributed by atoms with Gasteiger partial charge in [0.05, 0.1) is 41.8 Å². The summed E-state index contributed by atoms with van der Waals surface area (Å²) in [5, 5.41) is 39.0. The summed E-state index contributed by atoms with van der Waals surface area (Å²) in [6, 6.07) is 25.2. The standard InChI is InChI=1S/C15H11N3O7.2C15H22O.C2H3NO/c19-9-25-15(10-4-2-1-3-5-10)16-14(20)11-6-12(17(21)22)8-13(7-11)18(23)24;2*1-3-4-6-12-9-10-14-13(11-12)7-5-8-15(14)16-2;3-1-2-4/h1-9,15H,(H,16,20);2*5,7-8,12H,3-4,6,9-11H2,1-2H3;4H,2H2/t15-;12-;;/m10../s1. The van der Waals surface area contributed by atoms with Gasteiger partial charge in [-0.25, -0.2) is 0 Å². The fraction of sp³-hybridized carbons (Fsp3) is 0.426. The van der Waals surface area contributed by atoms with Crippen molar-refractivity contribution < 1.29 is 38.8 Å². The summed E-state index contributed by atoms with van der Waals surface area (Å²) in [5.41, 5.74) is 4.88. The molecule has 2 aliphatic rings. The van der Waals surface area contributed by atoms with E-state index >= 15 is 0 Å². The molecule has 0 fully saturated rings. The maximum Gasteiger partial charge on any atom is 0.295 e. The molecule has 2 N–H and O–H groups in total. The molecule has 3 atom stereocenters. The quantitative estimate of drug-likeness (QED) is 0.0379. The average Bonchev–Trinajstić information content (AvgIpc) is 3.29. The monoisotopic (exact) mass is 838 g/mol. The van der Waals surface area contributed by atoms with Gasteiger partial charge in [0.25, 0.3) is 23.8 Å². The number of hydrogen-bond acceptors (Lipinski definition) is 11. The maximum atomic E-state index is 12.3. The molecular weight excluding hydrogens is 781 g/mol. The molecule has 1 unspecified atom stereocenters. The first-order valence-electron chi connectivity index (χ1n) is 20.7. The largest absolute Gasteiger partial charge is 0.496 e. The van der Waals surface area contributed by atoms with Gasteiger partial charge in [0, 0.05) is 17.7 Å². The minimum atomic E-state index is -1.15. The number of rotatable bonds is 15. The molecule has 0 bridgehead atoms. The van der Waals surface area contributed by atoms with Crippen LogP contribution in [0.4, 0.5) is 11.4 Å². The Bertz CT molecular complexity index is 1950. The normalized spacial score (nSPS) is 15.0. The number of nitrogens with one attached hydrogen (secondary N) is 1. The summed E-state index contributed by atoms with van der Waals surface area (Å²) < 4.78 is 15.7. The minimum Gasteiger partial charge on any atom is -0.496 e. The van der Waals surface area contributed by atoms with Crippen molar-refractivity contribution in [3.8, 4) is 17.6 Å². The molecule has 14 heteroatoms. The molecule has 0 saturated heterocycles. The maximum absolute atomic E-state index is 12.3. The molecule has 0 spiro atoms. The highest BCUT2D eigenvalue weighted by Gasteiger charge is 2.24. The molecule has 1 amide bonds. The molecule has 4 aromatic carbocycles. The zero-order valence-corrected chi connectivity index (χ0v) is 35.5. The van der Waals surface area contributed by atoms with Gasteiger partial charge >= 0.3 is 0 Å². The first-order chi connectivity index (χ1) is 29.5. The van der Waals surface area contributed by atoms with Crippen molar-refractivity contribution in [1.82, 2.24) is 5.32 Å². The number of nitriles is 1. The Kier molecular flexibility index (Phi) is 21.5. The lowest BCUT2D eigenvalue weighted by Gasteiger charge is -2.25. The summed E-state index contributed by atoms with van der Waals surface area (Å²) in [5.74, 6) is 3.11. The summed E-state index contributed by atoms with van der Waals surface area (Å²) in [7, 11) is 3.55. The third-order valence-corrected chi connectivity index (χ3v) is 10.7. The van der Waals surface area contributed by atoms with Crippen molar-refractivity contribution in [2.75, 3.05) is 20.8 Å². The fourth-order valence-electron chi connectivity index (χ4n) is 7.57. The van der Waals surface area contributed by atoms with E-state index in [0.717, 1.165) is 41.5 Å². The van der Waals surface area contributed by atoms with E-state index in [1.165, 1.54) is 105 Å². The molecule has 0 aliphatic heterocycles. The number of nitro benzene ring substituents is 2. The zero-order valence-electron chi connectivity index (χ0n) is 35.5. The minimum absolute atomic E-state index is 0.133. The van der Waals surface area contributed by atoms with Crippen LogP contribution in [0.5, 0.6) is 11.5 Å². The van der Waals surface area contributed by atoms with Gasteiger partial charge in [-0.2, -0.15) is 5.26 Å². The third kappa shape index (κ3) is 15.7. The number of benzene rings is 4. The summed E-state index contributed by atoms with van der Waals surface area (Å²) in [6.45, 7) is 4.31. The van der Waals surface area contributed by atoms with E-state index in [0.29, 0.717) is 5.56 Å². The van der Waals surface area contributed by atoms with Gasteiger partial charge in [-0.1, -0.05) is 107 Å². The highest BCUT2D eigenvalue weighted by molar-refractivity contribution is 5.95. The van der Waals surface area contributed by atoms with Crippen LogP contribution in [0.1, 0.15) is 110 Å². The number of unbranched alkanes of at least 4 members (excludes halogenated alkanes) is 2. The molecule has 326 valence electrons. The van der Waals surface area contributed by atoms with Gasteiger partial charge in [0.15, 0.2) is 0 Å². The molecule has 0 heterocycles. The van der Waals surface area contributed by atoms with Crippen molar-refractivity contribution in [2.24, 2.45) is 11.8 Å². The second-order valence-electron chi connectivity index (χ2n) is 14.8. The van der Waals surface area contributed by atoms with Gasteiger partial charge in [0.2, 0.25) is 6.23 Å². The van der Waals surface area contributed by atoms with Crippen molar-refractivity contribution in [3.63, 3.8) is 0 Å². The Morgan fingerprint density at radius 2 is 1.30 bits per heavy atom. The molecular formula is C47H58N4O10. The van der Waals surface area contributed by atoms with E-state index in [4.69, 9.17) is 24.6 Å². The van der Waals surface area contributed by atoms with E-state index in [-0.39, 0.29) is 18.6 Å². The molecule has 0 saturated carbocycles. The van der Waals surface area contributed by atoms with Crippen molar-refractivity contribution in [2.45, 2.75) is 97.1 Å². The van der Waals surface area contributed by atoms with Crippen LogP contribution in [0, 0.1) is 43.4 Å². The van der Waals surface area contributed by atoms with Crippen molar-refractivity contribution >= 4 is 23.8 Å². The predicted molar refractivity (Wildman–Crippen MR) is 232 cm³/mol. The summed E-state index contributed by atoms with van der Waals surface area (Å²) in [4.78, 5) is 43.0. The van der Waals surface area contributed by atoms with Gasteiger partial charge in [0.1, 0.15) is 18.1 Å². The molecule has 14 nitrogen and oxygen atoms in total. The third-order valence-electron chi connectivity index (χ3n) is 10.7. The zero-order chi connectivity index (χ0) is 44.6. The second-order valence-corrected chi connectivity index (χ2v) is 14.8. The number of carbonyl (C=O) groups excluding carboxylic acids is 2. The summed E-state index contributed by atoms with van der Waals surface area (Å²) >= 11 is 0. The van der Waals surface area contributed by atoms with Crippen LogP contribution in [-0.4, -0.2) is 48.2 Å². The number of carbonyl (C=O) groups is 2. The molecule has 0 aromatic heterocycles. The van der Waals surface area contributed by atoms with Gasteiger partial charge in [-0.05, 0) is 84.7 Å². The van der Waals surface area contributed by atoms with E-state index in [9.17, 15) is 29.8 Å². The topological polar surface area (TPSA) is 204 Å².